The van der Waals surface area contributed by atoms with E-state index >= 15 is 4.39 Å². The molecule has 1 aliphatic rings. The molecule has 2 atom stereocenters. The zero-order chi connectivity index (χ0) is 35.6. The number of H-pyrrole nitrogens is 2. The predicted molar refractivity (Wildman–Crippen MR) is 208 cm³/mol. The summed E-state index contributed by atoms with van der Waals surface area (Å²) in [6.45, 7) is 4.10. The lowest BCUT2D eigenvalue weighted by molar-refractivity contribution is 0.0682. The maximum atomic E-state index is 16.0. The number of anilines is 1. The Morgan fingerprint density at radius 3 is 2.65 bits per heavy atom. The Morgan fingerprint density at radius 1 is 1.08 bits per heavy atom. The van der Waals surface area contributed by atoms with Crippen LogP contribution in [0.25, 0.3) is 54.7 Å². The third-order valence-corrected chi connectivity index (χ3v) is 11.4. The van der Waals surface area contributed by atoms with Crippen LogP contribution in [0.5, 0.6) is 11.8 Å². The number of fused-ring (bicyclic) bond motifs is 5. The quantitative estimate of drug-likeness (QED) is 0.100. The molecule has 1 saturated carbocycles. The van der Waals surface area contributed by atoms with E-state index in [0.29, 0.717) is 45.6 Å². The van der Waals surface area contributed by atoms with Crippen LogP contribution in [-0.2, 0) is 11.3 Å². The molecule has 8 rings (SSSR count). The summed E-state index contributed by atoms with van der Waals surface area (Å²) in [5, 5.41) is 14.7. The Bertz CT molecular complexity index is 2550. The second-order valence-corrected chi connectivity index (χ2v) is 15.2. The summed E-state index contributed by atoms with van der Waals surface area (Å²) in [4.78, 5) is 27.5. The highest BCUT2D eigenvalue weighted by atomic mass is 127. The van der Waals surface area contributed by atoms with E-state index in [1.54, 1.807) is 26.3 Å². The van der Waals surface area contributed by atoms with Crippen LogP contribution < -0.4 is 19.9 Å². The molecule has 2 unspecified atom stereocenters. The maximum Gasteiger partial charge on any atom is 0.319 e. The fourth-order valence-electron chi connectivity index (χ4n) is 6.65. The SMILES string of the molecule is COC(C)COc1nc(N(C)C)c2cc(C3CC3)c(-c3c(C)c(F)cc4c3cnn4PI)c(OCc3ccc4c(c3)[nH]c(=O)c3[nH]ncc34)c2n1. The Kier molecular flexibility index (Phi) is 8.79. The van der Waals surface area contributed by atoms with Gasteiger partial charge in [-0.25, -0.2) is 8.84 Å². The van der Waals surface area contributed by atoms with Gasteiger partial charge in [-0.15, -0.1) is 0 Å². The Balaban J connectivity index is 1.38. The number of methoxy groups -OCH3 is 1. The average Bonchev–Trinajstić information content (AvgIpc) is 3.70. The molecule has 0 saturated heterocycles. The number of benzene rings is 3. The third-order valence-electron chi connectivity index (χ3n) is 9.50. The highest BCUT2D eigenvalue weighted by Crippen LogP contribution is 2.53. The molecule has 1 fully saturated rings. The summed E-state index contributed by atoms with van der Waals surface area (Å²) in [5.74, 6) is 1.11. The standard InChI is InChI=1S/C36H35FIN8O4P/c1-17(48-5)15-50-36-42-31-23(34(43-36)45(3)4)11-22(20-7-8-20)30(29-18(2)26(37)12-28-25(29)14-40-46(28)51-38)33(31)49-16-19-6-9-21-24-13-39-44-32(24)35(47)41-27(21)10-19/h6,9-14,17,20,51H,7-8,15-16H2,1-5H3,(H,39,44)(H,41,47). The van der Waals surface area contributed by atoms with Gasteiger partial charge in [-0.2, -0.15) is 20.2 Å². The van der Waals surface area contributed by atoms with Crippen LogP contribution in [0.2, 0.25) is 0 Å². The number of hydrogen-bond acceptors (Lipinski definition) is 9. The number of nitrogens with zero attached hydrogens (tertiary/aromatic N) is 6. The van der Waals surface area contributed by atoms with Crippen molar-refractivity contribution in [1.82, 2.24) is 34.7 Å². The predicted octanol–water partition coefficient (Wildman–Crippen LogP) is 7.54. The van der Waals surface area contributed by atoms with Gasteiger partial charge in [0.1, 0.15) is 35.9 Å². The molecule has 15 heteroatoms. The molecule has 0 amide bonds. The first kappa shape index (κ1) is 33.7. The van der Waals surface area contributed by atoms with Crippen molar-refractivity contribution in [3.63, 3.8) is 0 Å². The minimum absolute atomic E-state index is 0.141. The smallest absolute Gasteiger partial charge is 0.319 e. The van der Waals surface area contributed by atoms with E-state index in [9.17, 15) is 4.79 Å². The van der Waals surface area contributed by atoms with E-state index in [4.69, 9.17) is 24.2 Å². The summed E-state index contributed by atoms with van der Waals surface area (Å²) < 4.78 is 36.2. The molecule has 4 aromatic heterocycles. The molecule has 3 aromatic carbocycles. The molecule has 0 aliphatic heterocycles. The highest BCUT2D eigenvalue weighted by Gasteiger charge is 2.33. The first-order valence-electron chi connectivity index (χ1n) is 16.5. The van der Waals surface area contributed by atoms with Crippen LogP contribution in [0.4, 0.5) is 10.2 Å². The van der Waals surface area contributed by atoms with Crippen molar-refractivity contribution in [3.05, 3.63) is 75.6 Å². The lowest BCUT2D eigenvalue weighted by Crippen LogP contribution is -2.18. The summed E-state index contributed by atoms with van der Waals surface area (Å²) in [7, 11) is 5.49. The van der Waals surface area contributed by atoms with Gasteiger partial charge in [0, 0.05) is 65.5 Å². The molecule has 4 heterocycles. The van der Waals surface area contributed by atoms with Crippen LogP contribution in [-0.4, -0.2) is 68.6 Å². The minimum Gasteiger partial charge on any atom is -0.486 e. The van der Waals surface area contributed by atoms with Gasteiger partial charge in [-0.05, 0) is 83.5 Å². The molecule has 0 spiro atoms. The number of ether oxygens (including phenoxy) is 3. The maximum absolute atomic E-state index is 16.0. The average molecular weight is 821 g/mol. The molecular weight excluding hydrogens is 785 g/mol. The van der Waals surface area contributed by atoms with Crippen molar-refractivity contribution in [1.29, 1.82) is 0 Å². The largest absolute Gasteiger partial charge is 0.486 e. The van der Waals surface area contributed by atoms with Crippen LogP contribution in [0.15, 0.2) is 47.5 Å². The first-order valence-corrected chi connectivity index (χ1v) is 20.6. The van der Waals surface area contributed by atoms with Crippen molar-refractivity contribution in [2.75, 3.05) is 32.7 Å². The van der Waals surface area contributed by atoms with Gasteiger partial charge >= 0.3 is 6.01 Å². The summed E-state index contributed by atoms with van der Waals surface area (Å²) in [6, 6.07) is 9.72. The van der Waals surface area contributed by atoms with Crippen LogP contribution in [0.1, 0.15) is 42.4 Å². The van der Waals surface area contributed by atoms with E-state index in [2.05, 4.69) is 48.4 Å². The zero-order valence-electron chi connectivity index (χ0n) is 28.6. The molecular formula is C36H35FIN8O4P. The van der Waals surface area contributed by atoms with E-state index in [-0.39, 0.29) is 42.6 Å². The Morgan fingerprint density at radius 2 is 1.90 bits per heavy atom. The van der Waals surface area contributed by atoms with Gasteiger partial charge in [0.15, 0.2) is 5.75 Å². The van der Waals surface area contributed by atoms with Gasteiger partial charge in [-0.1, -0.05) is 12.1 Å². The number of hydrogen-bond donors (Lipinski definition) is 2. The number of aromatic nitrogens is 7. The van der Waals surface area contributed by atoms with Crippen LogP contribution >= 0.6 is 28.4 Å². The Labute approximate surface area is 306 Å². The van der Waals surface area contributed by atoms with E-state index < -0.39 is 0 Å². The molecule has 2 N–H and O–H groups in total. The topological polar surface area (TPSA) is 136 Å². The van der Waals surface area contributed by atoms with Gasteiger partial charge in [0.25, 0.3) is 5.56 Å². The van der Waals surface area contributed by atoms with Gasteiger partial charge in [-0.3, -0.25) is 9.89 Å². The van der Waals surface area contributed by atoms with Crippen molar-refractivity contribution in [2.45, 2.75) is 45.3 Å². The first-order chi connectivity index (χ1) is 24.7. The third kappa shape index (κ3) is 5.96. The van der Waals surface area contributed by atoms with Crippen LogP contribution in [0.3, 0.4) is 0 Å². The zero-order valence-corrected chi connectivity index (χ0v) is 31.8. The number of halogens is 2. The second-order valence-electron chi connectivity index (χ2n) is 13.1. The molecule has 1 aliphatic carbocycles. The molecule has 12 nitrogen and oxygen atoms in total. The normalized spacial score (nSPS) is 14.1. The number of nitrogens with one attached hydrogen (secondary N) is 2. The molecule has 51 heavy (non-hydrogen) atoms. The van der Waals surface area contributed by atoms with Gasteiger partial charge in [0.05, 0.1) is 30.4 Å². The van der Waals surface area contributed by atoms with Gasteiger partial charge in [0.2, 0.25) is 0 Å². The highest BCUT2D eigenvalue weighted by molar-refractivity contribution is 14.2. The monoisotopic (exact) mass is 820 g/mol. The van der Waals surface area contributed by atoms with Crippen molar-refractivity contribution in [2.24, 2.45) is 0 Å². The van der Waals surface area contributed by atoms with Crippen LogP contribution in [0, 0.1) is 12.7 Å². The lowest BCUT2D eigenvalue weighted by atomic mass is 9.88. The lowest BCUT2D eigenvalue weighted by Gasteiger charge is -2.23. The molecule has 262 valence electrons. The Hall–Kier alpha value is -4.40. The van der Waals surface area contributed by atoms with Gasteiger partial charge < -0.3 is 24.1 Å². The van der Waals surface area contributed by atoms with E-state index in [1.165, 1.54) is 0 Å². The number of aromatic amines is 2. The van der Waals surface area contributed by atoms with E-state index in [0.717, 1.165) is 56.6 Å². The fraction of sp³-hybridized carbons (Fsp3) is 0.306. The molecule has 0 radical (unpaired) electrons. The number of pyridine rings is 1. The number of rotatable bonds is 11. The molecule has 0 bridgehead atoms. The van der Waals surface area contributed by atoms with E-state index in [1.807, 2.05) is 54.8 Å². The minimum atomic E-state index is -0.319. The summed E-state index contributed by atoms with van der Waals surface area (Å²) in [5.41, 5.74) is 6.00. The van der Waals surface area contributed by atoms with Crippen molar-refractivity contribution >= 4 is 77.8 Å². The van der Waals surface area contributed by atoms with Crippen molar-refractivity contribution < 1.29 is 18.6 Å². The van der Waals surface area contributed by atoms with Crippen molar-refractivity contribution in [3.8, 4) is 22.9 Å². The second kappa shape index (κ2) is 13.3. The fourth-order valence-corrected chi connectivity index (χ4v) is 8.18. The molecule has 7 aromatic rings. The summed E-state index contributed by atoms with van der Waals surface area (Å²) in [6.07, 6.45) is 5.58. The summed E-state index contributed by atoms with van der Waals surface area (Å²) >= 11 is 2.26.